The fourth-order valence-electron chi connectivity index (χ4n) is 1.90. The lowest BCUT2D eigenvalue weighted by atomic mass is 10.1. The molecule has 114 valence electrons. The second-order valence-corrected chi connectivity index (χ2v) is 5.13. The van der Waals surface area contributed by atoms with Crippen LogP contribution in [-0.2, 0) is 9.53 Å². The van der Waals surface area contributed by atoms with E-state index in [9.17, 15) is 15.0 Å². The third-order valence-corrected chi connectivity index (χ3v) is 3.14. The molecule has 2 atom stereocenters. The zero-order valence-corrected chi connectivity index (χ0v) is 12.4. The molecule has 0 heterocycles. The topological polar surface area (TPSA) is 66.8 Å². The molecule has 0 aromatic carbocycles. The Morgan fingerprint density at radius 3 is 2.11 bits per heavy atom. The highest BCUT2D eigenvalue weighted by atomic mass is 16.6. The van der Waals surface area contributed by atoms with Crippen molar-refractivity contribution in [3.63, 3.8) is 0 Å². The Balaban J connectivity index is 3.56. The van der Waals surface area contributed by atoms with Gasteiger partial charge in [0.2, 0.25) is 6.29 Å². The Morgan fingerprint density at radius 1 is 0.947 bits per heavy atom. The zero-order chi connectivity index (χ0) is 14.5. The first-order chi connectivity index (χ1) is 9.10. The summed E-state index contributed by atoms with van der Waals surface area (Å²) < 4.78 is 4.88. The van der Waals surface area contributed by atoms with Gasteiger partial charge in [0.05, 0.1) is 6.10 Å². The molecule has 0 bridgehead atoms. The molecule has 0 spiro atoms. The first-order valence-electron chi connectivity index (χ1n) is 7.65. The first-order valence-corrected chi connectivity index (χ1v) is 7.65. The predicted octanol–water partition coefficient (Wildman–Crippen LogP) is 3.15. The summed E-state index contributed by atoms with van der Waals surface area (Å²) in [5, 5.41) is 19.1. The SMILES string of the molecule is CCCCCC(O)CCC(=O)OC(O)CCCCC. The van der Waals surface area contributed by atoms with Gasteiger partial charge in [0.25, 0.3) is 0 Å². The van der Waals surface area contributed by atoms with E-state index in [2.05, 4.69) is 13.8 Å². The van der Waals surface area contributed by atoms with Crippen LogP contribution in [-0.4, -0.2) is 28.6 Å². The van der Waals surface area contributed by atoms with Crippen LogP contribution in [0.1, 0.15) is 78.1 Å². The summed E-state index contributed by atoms with van der Waals surface area (Å²) in [7, 11) is 0. The van der Waals surface area contributed by atoms with Gasteiger partial charge in [-0.3, -0.25) is 4.79 Å². The van der Waals surface area contributed by atoms with Crippen molar-refractivity contribution in [2.24, 2.45) is 0 Å². The fraction of sp³-hybridized carbons (Fsp3) is 0.933. The van der Waals surface area contributed by atoms with Gasteiger partial charge in [0.1, 0.15) is 0 Å². The maximum atomic E-state index is 11.4. The number of aliphatic hydroxyl groups excluding tert-OH is 2. The highest BCUT2D eigenvalue weighted by molar-refractivity contribution is 5.69. The molecule has 19 heavy (non-hydrogen) atoms. The molecule has 0 aromatic heterocycles. The molecule has 0 rings (SSSR count). The van der Waals surface area contributed by atoms with Crippen molar-refractivity contribution in [2.45, 2.75) is 90.4 Å². The van der Waals surface area contributed by atoms with Crippen LogP contribution in [0.2, 0.25) is 0 Å². The summed E-state index contributed by atoms with van der Waals surface area (Å²) >= 11 is 0. The molecule has 0 saturated carbocycles. The number of rotatable bonds is 12. The first kappa shape index (κ1) is 18.4. The number of carbonyl (C=O) groups excluding carboxylic acids is 1. The van der Waals surface area contributed by atoms with E-state index < -0.39 is 18.4 Å². The number of aliphatic hydroxyl groups is 2. The monoisotopic (exact) mass is 274 g/mol. The maximum Gasteiger partial charge on any atom is 0.308 e. The van der Waals surface area contributed by atoms with E-state index in [-0.39, 0.29) is 6.42 Å². The smallest absolute Gasteiger partial charge is 0.308 e. The summed E-state index contributed by atoms with van der Waals surface area (Å²) in [4.78, 5) is 11.4. The third kappa shape index (κ3) is 12.2. The van der Waals surface area contributed by atoms with Crippen molar-refractivity contribution in [1.82, 2.24) is 0 Å². The number of carbonyl (C=O) groups is 1. The molecule has 0 amide bonds. The molecule has 0 aliphatic carbocycles. The van der Waals surface area contributed by atoms with Gasteiger partial charge in [-0.25, -0.2) is 0 Å². The van der Waals surface area contributed by atoms with E-state index in [0.29, 0.717) is 12.8 Å². The molecule has 0 radical (unpaired) electrons. The number of ether oxygens (including phenoxy) is 1. The number of hydrogen-bond donors (Lipinski definition) is 2. The number of hydrogen-bond acceptors (Lipinski definition) is 4. The lowest BCUT2D eigenvalue weighted by Crippen LogP contribution is -2.19. The standard InChI is InChI=1S/C15H30O4/c1-3-5-7-9-13(16)11-12-15(18)19-14(17)10-8-6-4-2/h13-14,16-17H,3-12H2,1-2H3. The Kier molecular flexibility index (Phi) is 12.0. The molecule has 0 saturated heterocycles. The van der Waals surface area contributed by atoms with Crippen molar-refractivity contribution in [2.75, 3.05) is 0 Å². The van der Waals surface area contributed by atoms with E-state index in [1.54, 1.807) is 0 Å². The van der Waals surface area contributed by atoms with Crippen LogP contribution in [0.3, 0.4) is 0 Å². The highest BCUT2D eigenvalue weighted by Crippen LogP contribution is 2.10. The van der Waals surface area contributed by atoms with Gasteiger partial charge in [-0.05, 0) is 19.3 Å². The summed E-state index contributed by atoms with van der Waals surface area (Å²) in [6.07, 6.45) is 6.61. The van der Waals surface area contributed by atoms with Gasteiger partial charge in [0.15, 0.2) is 0 Å². The van der Waals surface area contributed by atoms with Crippen LogP contribution in [0, 0.1) is 0 Å². The highest BCUT2D eigenvalue weighted by Gasteiger charge is 2.13. The molecule has 0 aliphatic heterocycles. The second-order valence-electron chi connectivity index (χ2n) is 5.13. The van der Waals surface area contributed by atoms with Crippen LogP contribution in [0.4, 0.5) is 0 Å². The second kappa shape index (κ2) is 12.4. The minimum absolute atomic E-state index is 0.179. The molecule has 2 N–H and O–H groups in total. The van der Waals surface area contributed by atoms with Crippen molar-refractivity contribution in [3.8, 4) is 0 Å². The minimum atomic E-state index is -0.990. The minimum Gasteiger partial charge on any atom is -0.436 e. The van der Waals surface area contributed by atoms with Crippen molar-refractivity contribution in [1.29, 1.82) is 0 Å². The van der Waals surface area contributed by atoms with Crippen LogP contribution in [0.15, 0.2) is 0 Å². The largest absolute Gasteiger partial charge is 0.436 e. The van der Waals surface area contributed by atoms with Crippen LogP contribution in [0.5, 0.6) is 0 Å². The Labute approximate surface area is 117 Å². The molecule has 2 unspecified atom stereocenters. The van der Waals surface area contributed by atoms with E-state index in [4.69, 9.17) is 4.74 Å². The van der Waals surface area contributed by atoms with Gasteiger partial charge in [-0.15, -0.1) is 0 Å². The maximum absolute atomic E-state index is 11.4. The van der Waals surface area contributed by atoms with Gasteiger partial charge in [-0.1, -0.05) is 46.0 Å². The van der Waals surface area contributed by atoms with Crippen LogP contribution >= 0.6 is 0 Å². The quantitative estimate of drug-likeness (QED) is 0.326. The van der Waals surface area contributed by atoms with E-state index in [0.717, 1.165) is 44.9 Å². The lowest BCUT2D eigenvalue weighted by Gasteiger charge is -2.13. The molecule has 4 heteroatoms. The van der Waals surface area contributed by atoms with Crippen molar-refractivity contribution in [3.05, 3.63) is 0 Å². The van der Waals surface area contributed by atoms with E-state index in [1.807, 2.05) is 0 Å². The van der Waals surface area contributed by atoms with E-state index >= 15 is 0 Å². The Morgan fingerprint density at radius 2 is 1.53 bits per heavy atom. The van der Waals surface area contributed by atoms with Crippen molar-refractivity contribution >= 4 is 5.97 Å². The van der Waals surface area contributed by atoms with Gasteiger partial charge in [-0.2, -0.15) is 0 Å². The zero-order valence-electron chi connectivity index (χ0n) is 12.4. The average molecular weight is 274 g/mol. The Bertz CT molecular complexity index is 218. The van der Waals surface area contributed by atoms with Gasteiger partial charge in [0, 0.05) is 12.8 Å². The Hall–Kier alpha value is -0.610. The molecule has 0 aromatic rings. The molecule has 0 aliphatic rings. The molecular weight excluding hydrogens is 244 g/mol. The fourth-order valence-corrected chi connectivity index (χ4v) is 1.90. The van der Waals surface area contributed by atoms with Gasteiger partial charge >= 0.3 is 5.97 Å². The normalized spacial score (nSPS) is 14.1. The average Bonchev–Trinajstić information content (AvgIpc) is 2.37. The number of esters is 1. The van der Waals surface area contributed by atoms with E-state index in [1.165, 1.54) is 0 Å². The summed E-state index contributed by atoms with van der Waals surface area (Å²) in [5.74, 6) is -0.418. The molecule has 0 fully saturated rings. The van der Waals surface area contributed by atoms with Crippen molar-refractivity contribution < 1.29 is 19.7 Å². The molecule has 4 nitrogen and oxygen atoms in total. The predicted molar refractivity (Wildman–Crippen MR) is 75.6 cm³/mol. The van der Waals surface area contributed by atoms with Crippen LogP contribution in [0.25, 0.3) is 0 Å². The summed E-state index contributed by atoms with van der Waals surface area (Å²) in [6, 6.07) is 0. The summed E-state index contributed by atoms with van der Waals surface area (Å²) in [6.45, 7) is 4.20. The van der Waals surface area contributed by atoms with Crippen LogP contribution < -0.4 is 0 Å². The molecular formula is C15H30O4. The van der Waals surface area contributed by atoms with Gasteiger partial charge < -0.3 is 14.9 Å². The summed E-state index contributed by atoms with van der Waals surface area (Å²) in [5.41, 5.74) is 0. The number of unbranched alkanes of at least 4 members (excludes halogenated alkanes) is 4. The third-order valence-electron chi connectivity index (χ3n) is 3.14. The lowest BCUT2D eigenvalue weighted by molar-refractivity contribution is -0.169.